The molecule has 27 heavy (non-hydrogen) atoms. The van der Waals surface area contributed by atoms with Crippen LogP contribution in [0.4, 0.5) is 0 Å². The summed E-state index contributed by atoms with van der Waals surface area (Å²) in [5.74, 6) is -0.447. The van der Waals surface area contributed by atoms with E-state index in [1.807, 2.05) is 0 Å². The van der Waals surface area contributed by atoms with Gasteiger partial charge in [-0.3, -0.25) is 4.79 Å². The van der Waals surface area contributed by atoms with E-state index in [0.717, 1.165) is 0 Å². The summed E-state index contributed by atoms with van der Waals surface area (Å²) in [6, 6.07) is 9.80. The molecule has 0 radical (unpaired) electrons. The van der Waals surface area contributed by atoms with E-state index in [-0.39, 0.29) is 22.4 Å². The third-order valence-electron chi connectivity index (χ3n) is 3.55. The Kier molecular flexibility index (Phi) is 5.48. The Bertz CT molecular complexity index is 998. The maximum absolute atomic E-state index is 12.2. The van der Waals surface area contributed by atoms with Crippen LogP contribution in [0.2, 0.25) is 10.0 Å². The second kappa shape index (κ2) is 7.82. The minimum Gasteiger partial charge on any atom is -0.493 e. The third kappa shape index (κ3) is 4.13. The van der Waals surface area contributed by atoms with Gasteiger partial charge in [-0.2, -0.15) is 0 Å². The number of ether oxygens (including phenoxy) is 3. The van der Waals surface area contributed by atoms with Crippen LogP contribution in [-0.2, 0) is 14.3 Å². The monoisotopic (exact) mass is 405 g/mol. The zero-order valence-electron chi connectivity index (χ0n) is 14.3. The summed E-state index contributed by atoms with van der Waals surface area (Å²) in [4.78, 5) is 27.6. The zero-order valence-corrected chi connectivity index (χ0v) is 15.8. The Morgan fingerprint density at radius 1 is 1.19 bits per heavy atom. The van der Waals surface area contributed by atoms with Gasteiger partial charge in [-0.15, -0.1) is 0 Å². The number of rotatable bonds is 4. The molecular formula is C19H13Cl2NO5. The molecule has 2 aromatic carbocycles. The molecule has 0 saturated heterocycles. The summed E-state index contributed by atoms with van der Waals surface area (Å²) in [7, 11) is 1.46. The molecule has 138 valence electrons. The first-order valence-electron chi connectivity index (χ1n) is 7.72. The van der Waals surface area contributed by atoms with Crippen LogP contribution in [0.1, 0.15) is 18.1 Å². The van der Waals surface area contributed by atoms with Crippen LogP contribution < -0.4 is 9.47 Å². The van der Waals surface area contributed by atoms with Gasteiger partial charge in [-0.25, -0.2) is 9.79 Å². The molecular weight excluding hydrogens is 393 g/mol. The van der Waals surface area contributed by atoms with Gasteiger partial charge in [0.05, 0.1) is 22.7 Å². The molecule has 1 aliphatic heterocycles. The molecule has 0 spiro atoms. The highest BCUT2D eigenvalue weighted by molar-refractivity contribution is 6.44. The van der Waals surface area contributed by atoms with Crippen molar-refractivity contribution >= 4 is 47.1 Å². The molecule has 0 fully saturated rings. The highest BCUT2D eigenvalue weighted by atomic mass is 35.5. The molecule has 2 aromatic rings. The average molecular weight is 406 g/mol. The van der Waals surface area contributed by atoms with E-state index < -0.39 is 11.9 Å². The number of halogens is 2. The first-order chi connectivity index (χ1) is 12.9. The molecule has 0 aliphatic carbocycles. The molecule has 0 bridgehead atoms. The highest BCUT2D eigenvalue weighted by Crippen LogP contribution is 2.31. The number of esters is 2. The second-order valence-corrected chi connectivity index (χ2v) is 6.23. The Labute approximate surface area is 165 Å². The van der Waals surface area contributed by atoms with E-state index in [9.17, 15) is 9.59 Å². The predicted molar refractivity (Wildman–Crippen MR) is 101 cm³/mol. The number of carbonyl (C=O) groups is 2. The van der Waals surface area contributed by atoms with Crippen molar-refractivity contribution in [3.05, 3.63) is 63.3 Å². The number of nitrogens with zero attached hydrogens (tertiary/aromatic N) is 1. The van der Waals surface area contributed by atoms with Crippen LogP contribution in [0, 0.1) is 0 Å². The fraction of sp³-hybridized carbons (Fsp3) is 0.105. The lowest BCUT2D eigenvalue weighted by Crippen LogP contribution is -2.06. The van der Waals surface area contributed by atoms with Crippen molar-refractivity contribution < 1.29 is 23.8 Å². The smallest absolute Gasteiger partial charge is 0.363 e. The fourth-order valence-electron chi connectivity index (χ4n) is 2.37. The van der Waals surface area contributed by atoms with Crippen LogP contribution >= 0.6 is 23.2 Å². The molecule has 0 unspecified atom stereocenters. The minimum absolute atomic E-state index is 0.0625. The summed E-state index contributed by atoms with van der Waals surface area (Å²) in [6.45, 7) is 1.28. The number of hydrogen-bond acceptors (Lipinski definition) is 6. The van der Waals surface area contributed by atoms with Gasteiger partial charge < -0.3 is 14.2 Å². The van der Waals surface area contributed by atoms with Crippen LogP contribution in [0.15, 0.2) is 47.1 Å². The Morgan fingerprint density at radius 3 is 2.67 bits per heavy atom. The first-order valence-corrected chi connectivity index (χ1v) is 8.48. The predicted octanol–water partition coefficient (Wildman–Crippen LogP) is 4.27. The number of carbonyl (C=O) groups excluding carboxylic acids is 2. The van der Waals surface area contributed by atoms with E-state index in [1.165, 1.54) is 20.1 Å². The number of aliphatic imine (C=N–C) groups is 1. The number of benzene rings is 2. The molecule has 3 rings (SSSR count). The lowest BCUT2D eigenvalue weighted by Gasteiger charge is -2.08. The van der Waals surface area contributed by atoms with Crippen molar-refractivity contribution in [1.82, 2.24) is 0 Å². The van der Waals surface area contributed by atoms with Gasteiger partial charge in [0.2, 0.25) is 5.90 Å². The van der Waals surface area contributed by atoms with E-state index in [2.05, 4.69) is 4.99 Å². The summed E-state index contributed by atoms with van der Waals surface area (Å²) in [5, 5.41) is 0.570. The maximum Gasteiger partial charge on any atom is 0.363 e. The molecule has 0 saturated carbocycles. The van der Waals surface area contributed by atoms with Gasteiger partial charge in [-0.1, -0.05) is 35.3 Å². The quantitative estimate of drug-likeness (QED) is 0.431. The third-order valence-corrected chi connectivity index (χ3v) is 4.37. The molecule has 8 heteroatoms. The molecule has 0 aromatic heterocycles. The van der Waals surface area contributed by atoms with Gasteiger partial charge in [0.25, 0.3) is 0 Å². The van der Waals surface area contributed by atoms with Crippen LogP contribution in [0.5, 0.6) is 11.5 Å². The maximum atomic E-state index is 12.2. The number of methoxy groups -OCH3 is 1. The Balaban J connectivity index is 1.97. The zero-order chi connectivity index (χ0) is 19.6. The lowest BCUT2D eigenvalue weighted by atomic mass is 10.1. The molecule has 1 aliphatic rings. The Morgan fingerprint density at radius 2 is 1.96 bits per heavy atom. The van der Waals surface area contributed by atoms with Gasteiger partial charge in [-0.05, 0) is 35.9 Å². The second-order valence-electron chi connectivity index (χ2n) is 5.44. The fourth-order valence-corrected chi connectivity index (χ4v) is 2.75. The van der Waals surface area contributed by atoms with Crippen molar-refractivity contribution in [2.75, 3.05) is 7.11 Å². The lowest BCUT2D eigenvalue weighted by molar-refractivity contribution is -0.132. The molecule has 0 atom stereocenters. The topological polar surface area (TPSA) is 74.2 Å². The van der Waals surface area contributed by atoms with E-state index in [1.54, 1.807) is 36.4 Å². The highest BCUT2D eigenvalue weighted by Gasteiger charge is 2.26. The van der Waals surface area contributed by atoms with Crippen molar-refractivity contribution in [2.24, 2.45) is 4.99 Å². The number of cyclic esters (lactones) is 1. The minimum atomic E-state index is -0.633. The van der Waals surface area contributed by atoms with Crippen LogP contribution in [0.3, 0.4) is 0 Å². The van der Waals surface area contributed by atoms with E-state index in [4.69, 9.17) is 37.4 Å². The van der Waals surface area contributed by atoms with Gasteiger partial charge in [0.1, 0.15) is 0 Å². The summed E-state index contributed by atoms with van der Waals surface area (Å²) < 4.78 is 15.5. The molecule has 1 heterocycles. The van der Waals surface area contributed by atoms with Crippen molar-refractivity contribution in [1.29, 1.82) is 0 Å². The molecule has 0 N–H and O–H groups in total. The standard InChI is InChI=1S/C19H13Cl2NO5/c1-10(23)26-16-9-11(6-7-15(16)25-2)8-14-19(24)27-18(22-14)12-4-3-5-13(20)17(12)21/h3-9H,1-2H3. The van der Waals surface area contributed by atoms with Crippen molar-refractivity contribution in [3.8, 4) is 11.5 Å². The summed E-state index contributed by atoms with van der Waals surface area (Å²) in [5.41, 5.74) is 1.05. The van der Waals surface area contributed by atoms with E-state index >= 15 is 0 Å². The van der Waals surface area contributed by atoms with Crippen LogP contribution in [0.25, 0.3) is 6.08 Å². The van der Waals surface area contributed by atoms with Crippen LogP contribution in [-0.4, -0.2) is 24.9 Å². The van der Waals surface area contributed by atoms with E-state index in [0.29, 0.717) is 21.9 Å². The number of hydrogen-bond donors (Lipinski definition) is 0. The molecule has 0 amide bonds. The van der Waals surface area contributed by atoms with Gasteiger partial charge in [0, 0.05) is 6.92 Å². The SMILES string of the molecule is COc1ccc(C=C2N=C(c3cccc(Cl)c3Cl)OC2=O)cc1OC(C)=O. The normalized spacial score (nSPS) is 14.7. The largest absolute Gasteiger partial charge is 0.493 e. The first kappa shape index (κ1) is 18.9. The van der Waals surface area contributed by atoms with Gasteiger partial charge >= 0.3 is 11.9 Å². The Hall–Kier alpha value is -2.83. The van der Waals surface area contributed by atoms with Crippen molar-refractivity contribution in [2.45, 2.75) is 6.92 Å². The van der Waals surface area contributed by atoms with Gasteiger partial charge in [0.15, 0.2) is 17.2 Å². The average Bonchev–Trinajstić information content (AvgIpc) is 2.97. The summed E-state index contributed by atoms with van der Waals surface area (Å²) >= 11 is 12.1. The van der Waals surface area contributed by atoms with Crippen molar-refractivity contribution in [3.63, 3.8) is 0 Å². The summed E-state index contributed by atoms with van der Waals surface area (Å²) in [6.07, 6.45) is 1.50. The molecule has 6 nitrogen and oxygen atoms in total.